The van der Waals surface area contributed by atoms with E-state index in [-0.39, 0.29) is 29.7 Å². The Bertz CT molecular complexity index is 539. The highest BCUT2D eigenvalue weighted by molar-refractivity contribution is 7.89. The van der Waals surface area contributed by atoms with Crippen molar-refractivity contribution in [3.8, 4) is 0 Å². The molecule has 0 spiro atoms. The van der Waals surface area contributed by atoms with E-state index in [1.54, 1.807) is 0 Å². The predicted molar refractivity (Wildman–Crippen MR) is 69.4 cm³/mol. The summed E-state index contributed by atoms with van der Waals surface area (Å²) in [5, 5.41) is 9.06. The summed E-state index contributed by atoms with van der Waals surface area (Å²) < 4.78 is 54.0. The first-order valence-electron chi connectivity index (χ1n) is 5.61. The molecule has 1 aromatic rings. The van der Waals surface area contributed by atoms with E-state index in [9.17, 15) is 17.2 Å². The lowest BCUT2D eigenvalue weighted by Crippen LogP contribution is -2.28. The number of halogens is 3. The van der Waals surface area contributed by atoms with Gasteiger partial charge in [-0.25, -0.2) is 21.9 Å². The third-order valence-corrected chi connectivity index (χ3v) is 4.10. The zero-order chi connectivity index (χ0) is 15.2. The van der Waals surface area contributed by atoms with Crippen molar-refractivity contribution in [2.75, 3.05) is 19.8 Å². The second kappa shape index (κ2) is 7.84. The second-order valence-corrected chi connectivity index (χ2v) is 5.95. The lowest BCUT2D eigenvalue weighted by Gasteiger charge is -2.09. The van der Waals surface area contributed by atoms with Crippen molar-refractivity contribution in [2.45, 2.75) is 17.9 Å². The molecule has 5 nitrogen and oxygen atoms in total. The van der Waals surface area contributed by atoms with Crippen LogP contribution in [0.15, 0.2) is 23.1 Å². The standard InChI is InChI=1S/C11H14ClF2NO4S/c12-10-5-9(2-1-8(10)6-16)20(17,18)15-3-4-19-7-11(13)14/h1-2,5,11,15-16H,3-4,6-7H2. The molecule has 0 bridgehead atoms. The highest BCUT2D eigenvalue weighted by Gasteiger charge is 2.15. The maximum absolute atomic E-state index is 11.8. The topological polar surface area (TPSA) is 75.6 Å². The van der Waals surface area contributed by atoms with Crippen molar-refractivity contribution >= 4 is 21.6 Å². The highest BCUT2D eigenvalue weighted by atomic mass is 35.5. The van der Waals surface area contributed by atoms with Gasteiger partial charge in [-0.15, -0.1) is 0 Å². The molecule has 0 amide bonds. The number of ether oxygens (including phenoxy) is 1. The van der Waals surface area contributed by atoms with Crippen LogP contribution in [-0.4, -0.2) is 39.7 Å². The van der Waals surface area contributed by atoms with Gasteiger partial charge in [0.25, 0.3) is 6.43 Å². The molecular formula is C11H14ClF2NO4S. The first-order valence-corrected chi connectivity index (χ1v) is 7.48. The fourth-order valence-electron chi connectivity index (χ4n) is 1.33. The third-order valence-electron chi connectivity index (χ3n) is 2.29. The lowest BCUT2D eigenvalue weighted by atomic mass is 10.2. The number of hydrogen-bond donors (Lipinski definition) is 2. The number of nitrogens with one attached hydrogen (secondary N) is 1. The normalized spacial score (nSPS) is 12.1. The van der Waals surface area contributed by atoms with Gasteiger partial charge < -0.3 is 9.84 Å². The quantitative estimate of drug-likeness (QED) is 0.707. The summed E-state index contributed by atoms with van der Waals surface area (Å²) in [6, 6.07) is 3.89. The van der Waals surface area contributed by atoms with Crippen molar-refractivity contribution in [1.82, 2.24) is 4.72 Å². The molecule has 0 saturated carbocycles. The van der Waals surface area contributed by atoms with Crippen molar-refractivity contribution < 1.29 is 27.0 Å². The van der Waals surface area contributed by atoms with E-state index < -0.39 is 23.1 Å². The molecule has 2 N–H and O–H groups in total. The second-order valence-electron chi connectivity index (χ2n) is 3.78. The number of benzene rings is 1. The zero-order valence-electron chi connectivity index (χ0n) is 10.4. The molecule has 1 rings (SSSR count). The number of aliphatic hydroxyl groups excluding tert-OH is 1. The minimum Gasteiger partial charge on any atom is -0.392 e. The number of alkyl halides is 2. The molecule has 0 unspecified atom stereocenters. The van der Waals surface area contributed by atoms with Crippen LogP contribution in [0.4, 0.5) is 8.78 Å². The average Bonchev–Trinajstić information content (AvgIpc) is 2.37. The van der Waals surface area contributed by atoms with Crippen LogP contribution in [0.3, 0.4) is 0 Å². The number of aliphatic hydroxyl groups is 1. The Morgan fingerprint density at radius 2 is 2.10 bits per heavy atom. The largest absolute Gasteiger partial charge is 0.392 e. The molecule has 9 heteroatoms. The minimum atomic E-state index is -3.79. The van der Waals surface area contributed by atoms with E-state index in [2.05, 4.69) is 9.46 Å². The SMILES string of the molecule is O=S(=O)(NCCOCC(F)F)c1ccc(CO)c(Cl)c1. The number of sulfonamides is 1. The van der Waals surface area contributed by atoms with Crippen LogP contribution in [0.5, 0.6) is 0 Å². The highest BCUT2D eigenvalue weighted by Crippen LogP contribution is 2.20. The van der Waals surface area contributed by atoms with Crippen molar-refractivity contribution in [3.63, 3.8) is 0 Å². The first-order chi connectivity index (χ1) is 9.36. The van der Waals surface area contributed by atoms with Crippen molar-refractivity contribution in [1.29, 1.82) is 0 Å². The molecular weight excluding hydrogens is 316 g/mol. The van der Waals surface area contributed by atoms with E-state index in [1.807, 2.05) is 0 Å². The fourth-order valence-corrected chi connectivity index (χ4v) is 2.67. The Morgan fingerprint density at radius 1 is 1.40 bits per heavy atom. The summed E-state index contributed by atoms with van der Waals surface area (Å²) >= 11 is 5.79. The van der Waals surface area contributed by atoms with Gasteiger partial charge in [0.1, 0.15) is 6.61 Å². The van der Waals surface area contributed by atoms with Crippen molar-refractivity contribution in [2.24, 2.45) is 0 Å². The van der Waals surface area contributed by atoms with Crippen LogP contribution in [-0.2, 0) is 21.4 Å². The van der Waals surface area contributed by atoms with Crippen LogP contribution in [0.25, 0.3) is 0 Å². The average molecular weight is 330 g/mol. The maximum Gasteiger partial charge on any atom is 0.261 e. The van der Waals surface area contributed by atoms with Gasteiger partial charge in [-0.2, -0.15) is 0 Å². The summed E-state index contributed by atoms with van der Waals surface area (Å²) in [5.41, 5.74) is 0.408. The van der Waals surface area contributed by atoms with Crippen LogP contribution >= 0.6 is 11.6 Å². The van der Waals surface area contributed by atoms with Gasteiger partial charge in [-0.3, -0.25) is 0 Å². The summed E-state index contributed by atoms with van der Waals surface area (Å²) in [5.74, 6) is 0. The Labute approximate surface area is 120 Å². The fraction of sp³-hybridized carbons (Fsp3) is 0.455. The van der Waals surface area contributed by atoms with Crippen LogP contribution in [0.1, 0.15) is 5.56 Å². The molecule has 0 radical (unpaired) electrons. The molecule has 114 valence electrons. The lowest BCUT2D eigenvalue weighted by molar-refractivity contribution is 0.0199. The molecule has 0 heterocycles. The van der Waals surface area contributed by atoms with Gasteiger partial charge >= 0.3 is 0 Å². The first kappa shape index (κ1) is 17.3. The summed E-state index contributed by atoms with van der Waals surface area (Å²) in [7, 11) is -3.79. The van der Waals surface area contributed by atoms with Crippen LogP contribution in [0, 0.1) is 0 Å². The molecule has 0 saturated heterocycles. The smallest absolute Gasteiger partial charge is 0.261 e. The predicted octanol–water partition coefficient (Wildman–Crippen LogP) is 1.39. The molecule has 0 atom stereocenters. The Morgan fingerprint density at radius 3 is 2.65 bits per heavy atom. The molecule has 0 fully saturated rings. The van der Waals surface area contributed by atoms with E-state index in [1.165, 1.54) is 18.2 Å². The molecule has 0 aromatic heterocycles. The van der Waals surface area contributed by atoms with Gasteiger partial charge in [0.2, 0.25) is 10.0 Å². The molecule has 0 aliphatic carbocycles. The van der Waals surface area contributed by atoms with Gasteiger partial charge in [0.05, 0.1) is 18.1 Å². The molecule has 0 aliphatic heterocycles. The van der Waals surface area contributed by atoms with Gasteiger partial charge in [0.15, 0.2) is 0 Å². The molecule has 1 aromatic carbocycles. The van der Waals surface area contributed by atoms with E-state index in [0.717, 1.165) is 0 Å². The van der Waals surface area contributed by atoms with Gasteiger partial charge in [-0.05, 0) is 17.7 Å². The summed E-state index contributed by atoms with van der Waals surface area (Å²) in [6.45, 7) is -1.33. The Balaban J connectivity index is 2.58. The summed E-state index contributed by atoms with van der Waals surface area (Å²) in [4.78, 5) is -0.0754. The zero-order valence-corrected chi connectivity index (χ0v) is 11.9. The molecule has 0 aliphatic rings. The van der Waals surface area contributed by atoms with Crippen LogP contribution in [0.2, 0.25) is 5.02 Å². The number of hydrogen-bond acceptors (Lipinski definition) is 4. The van der Waals surface area contributed by atoms with E-state index >= 15 is 0 Å². The Hall–Kier alpha value is -0.800. The van der Waals surface area contributed by atoms with Gasteiger partial charge in [0, 0.05) is 11.6 Å². The third kappa shape index (κ3) is 5.29. The Kier molecular flexibility index (Phi) is 6.77. The monoisotopic (exact) mass is 329 g/mol. The van der Waals surface area contributed by atoms with Crippen LogP contribution < -0.4 is 4.72 Å². The van der Waals surface area contributed by atoms with Gasteiger partial charge in [-0.1, -0.05) is 17.7 Å². The number of rotatable bonds is 8. The van der Waals surface area contributed by atoms with E-state index in [0.29, 0.717) is 5.56 Å². The minimum absolute atomic E-state index is 0.0754. The summed E-state index contributed by atoms with van der Waals surface area (Å²) in [6.07, 6.45) is -2.59. The van der Waals surface area contributed by atoms with E-state index in [4.69, 9.17) is 16.7 Å². The molecule has 20 heavy (non-hydrogen) atoms. The van der Waals surface area contributed by atoms with Crippen molar-refractivity contribution in [3.05, 3.63) is 28.8 Å². The maximum atomic E-state index is 11.8.